The van der Waals surface area contributed by atoms with Crippen LogP contribution in [0.2, 0.25) is 20.1 Å². The third-order valence-corrected chi connectivity index (χ3v) is 4.67. The number of nitrogens with zero attached hydrogens (tertiary/aromatic N) is 4. The summed E-state index contributed by atoms with van der Waals surface area (Å²) in [5, 5.41) is 10.1. The van der Waals surface area contributed by atoms with Crippen LogP contribution in [-0.2, 0) is 18.0 Å². The van der Waals surface area contributed by atoms with Crippen LogP contribution in [0.1, 0.15) is 11.1 Å². The Morgan fingerprint density at radius 1 is 1.04 bits per heavy atom. The van der Waals surface area contributed by atoms with E-state index in [0.717, 1.165) is 5.56 Å². The van der Waals surface area contributed by atoms with Gasteiger partial charge in [0.25, 0.3) is 0 Å². The molecule has 0 radical (unpaired) electrons. The number of rotatable bonds is 6. The summed E-state index contributed by atoms with van der Waals surface area (Å²) in [6, 6.07) is 10.5. The van der Waals surface area contributed by atoms with E-state index >= 15 is 0 Å². The molecular formula is C17H12Cl4N4O. The van der Waals surface area contributed by atoms with Gasteiger partial charge in [0.2, 0.25) is 0 Å². The minimum absolute atomic E-state index is 0.0835. The van der Waals surface area contributed by atoms with Crippen LogP contribution in [0.5, 0.6) is 0 Å². The number of hydrogen-bond donors (Lipinski definition) is 0. The van der Waals surface area contributed by atoms with Crippen LogP contribution in [-0.4, -0.2) is 20.5 Å². The molecule has 26 heavy (non-hydrogen) atoms. The molecule has 3 rings (SSSR count). The van der Waals surface area contributed by atoms with Crippen molar-refractivity contribution < 1.29 is 4.84 Å². The van der Waals surface area contributed by atoms with Gasteiger partial charge in [-0.1, -0.05) is 69.8 Å². The molecule has 0 aliphatic heterocycles. The number of hydrogen-bond acceptors (Lipinski definition) is 4. The first kappa shape index (κ1) is 19.0. The summed E-state index contributed by atoms with van der Waals surface area (Å²) in [7, 11) is 0. The zero-order valence-corrected chi connectivity index (χ0v) is 16.3. The normalized spacial score (nSPS) is 11.6. The minimum atomic E-state index is 0.0835. The highest BCUT2D eigenvalue weighted by atomic mass is 35.5. The van der Waals surface area contributed by atoms with Crippen LogP contribution < -0.4 is 0 Å². The molecule has 0 spiro atoms. The van der Waals surface area contributed by atoms with E-state index in [0.29, 0.717) is 37.9 Å². The molecule has 9 heteroatoms. The lowest BCUT2D eigenvalue weighted by Crippen LogP contribution is -2.13. The maximum Gasteiger partial charge on any atom is 0.145 e. The van der Waals surface area contributed by atoms with E-state index in [1.165, 1.54) is 6.33 Å². The molecule has 1 heterocycles. The molecule has 5 nitrogen and oxygen atoms in total. The maximum absolute atomic E-state index is 6.28. The molecule has 0 aliphatic rings. The van der Waals surface area contributed by atoms with Gasteiger partial charge in [-0.2, -0.15) is 5.10 Å². The molecule has 0 atom stereocenters. The molecule has 1 aromatic heterocycles. The zero-order chi connectivity index (χ0) is 18.5. The Kier molecular flexibility index (Phi) is 6.38. The lowest BCUT2D eigenvalue weighted by Gasteiger charge is -2.10. The van der Waals surface area contributed by atoms with Crippen LogP contribution >= 0.6 is 46.4 Å². The summed E-state index contributed by atoms with van der Waals surface area (Å²) in [4.78, 5) is 9.42. The Balaban J connectivity index is 1.84. The van der Waals surface area contributed by atoms with Crippen molar-refractivity contribution in [1.82, 2.24) is 14.8 Å². The van der Waals surface area contributed by atoms with Gasteiger partial charge in [-0.25, -0.2) is 9.67 Å². The smallest absolute Gasteiger partial charge is 0.145 e. The predicted molar refractivity (Wildman–Crippen MR) is 104 cm³/mol. The third kappa shape index (κ3) is 4.68. The van der Waals surface area contributed by atoms with E-state index in [4.69, 9.17) is 51.2 Å². The molecule has 3 aromatic rings. The molecule has 0 aliphatic carbocycles. The van der Waals surface area contributed by atoms with Gasteiger partial charge < -0.3 is 4.84 Å². The molecule has 0 fully saturated rings. The van der Waals surface area contributed by atoms with E-state index in [2.05, 4.69) is 15.2 Å². The Bertz CT molecular complexity index is 905. The van der Waals surface area contributed by atoms with Gasteiger partial charge in [-0.05, 0) is 18.2 Å². The average Bonchev–Trinajstić information content (AvgIpc) is 3.10. The largest absolute Gasteiger partial charge is 0.391 e. The van der Waals surface area contributed by atoms with Gasteiger partial charge in [0.1, 0.15) is 25.0 Å². The topological polar surface area (TPSA) is 52.3 Å². The number of oxime groups is 1. The Morgan fingerprint density at radius 3 is 2.42 bits per heavy atom. The first-order valence-corrected chi connectivity index (χ1v) is 8.95. The molecule has 2 aromatic carbocycles. The highest BCUT2D eigenvalue weighted by Crippen LogP contribution is 2.29. The van der Waals surface area contributed by atoms with Gasteiger partial charge in [0.15, 0.2) is 0 Å². The fraction of sp³-hybridized carbons (Fsp3) is 0.118. The summed E-state index contributed by atoms with van der Waals surface area (Å²) in [6.45, 7) is 0.423. The van der Waals surface area contributed by atoms with E-state index in [1.807, 2.05) is 18.2 Å². The van der Waals surface area contributed by atoms with Crippen molar-refractivity contribution in [3.05, 3.63) is 80.3 Å². The van der Waals surface area contributed by atoms with E-state index in [1.54, 1.807) is 29.2 Å². The fourth-order valence-electron chi connectivity index (χ4n) is 2.21. The SMILES string of the molecule is Clc1cc(Cl)c(CON=C(Cn2cncn2)c2ccccc2Cl)c(Cl)c1. The summed E-state index contributed by atoms with van der Waals surface area (Å²) in [6.07, 6.45) is 3.03. The summed E-state index contributed by atoms with van der Waals surface area (Å²) < 4.78 is 1.62. The lowest BCUT2D eigenvalue weighted by molar-refractivity contribution is 0.130. The molecule has 0 unspecified atom stereocenters. The van der Waals surface area contributed by atoms with Crippen LogP contribution in [0, 0.1) is 0 Å². The number of aromatic nitrogens is 3. The van der Waals surface area contributed by atoms with E-state index < -0.39 is 0 Å². The second kappa shape index (κ2) is 8.73. The Labute approximate surface area is 170 Å². The van der Waals surface area contributed by atoms with Gasteiger partial charge in [-0.3, -0.25) is 0 Å². The first-order valence-electron chi connectivity index (χ1n) is 7.44. The van der Waals surface area contributed by atoms with Crippen LogP contribution in [0.25, 0.3) is 0 Å². The summed E-state index contributed by atoms with van der Waals surface area (Å²) in [5.41, 5.74) is 1.92. The van der Waals surface area contributed by atoms with Gasteiger partial charge in [0, 0.05) is 21.2 Å². The Morgan fingerprint density at radius 2 is 1.77 bits per heavy atom. The number of benzene rings is 2. The maximum atomic E-state index is 6.28. The minimum Gasteiger partial charge on any atom is -0.391 e. The zero-order valence-electron chi connectivity index (χ0n) is 13.2. The van der Waals surface area contributed by atoms with Crippen LogP contribution in [0.15, 0.2) is 54.2 Å². The average molecular weight is 430 g/mol. The van der Waals surface area contributed by atoms with Crippen molar-refractivity contribution >= 4 is 52.1 Å². The molecule has 0 saturated carbocycles. The molecule has 0 amide bonds. The number of halogens is 4. The Hall–Kier alpha value is -1.79. The standard InChI is InChI=1S/C17H12Cl4N4O/c18-11-5-15(20)13(16(21)6-11)8-26-24-17(7-25-10-22-9-23-25)12-3-1-2-4-14(12)19/h1-6,9-10H,7-8H2. The van der Waals surface area contributed by atoms with Crippen molar-refractivity contribution in [2.24, 2.45) is 5.16 Å². The van der Waals surface area contributed by atoms with Gasteiger partial charge in [0.05, 0.1) is 16.6 Å². The predicted octanol–water partition coefficient (Wildman–Crippen LogP) is 5.51. The van der Waals surface area contributed by atoms with E-state index in [9.17, 15) is 0 Å². The highest BCUT2D eigenvalue weighted by Gasteiger charge is 2.12. The van der Waals surface area contributed by atoms with Gasteiger partial charge in [-0.15, -0.1) is 0 Å². The molecular weight excluding hydrogens is 418 g/mol. The molecule has 134 valence electrons. The second-order valence-electron chi connectivity index (χ2n) is 5.23. The first-order chi connectivity index (χ1) is 12.5. The van der Waals surface area contributed by atoms with E-state index in [-0.39, 0.29) is 6.61 Å². The molecule has 0 N–H and O–H groups in total. The molecule has 0 bridgehead atoms. The second-order valence-corrected chi connectivity index (χ2v) is 6.89. The monoisotopic (exact) mass is 428 g/mol. The van der Waals surface area contributed by atoms with Crippen LogP contribution in [0.4, 0.5) is 0 Å². The van der Waals surface area contributed by atoms with Crippen molar-refractivity contribution in [1.29, 1.82) is 0 Å². The fourth-order valence-corrected chi connectivity index (χ4v) is 3.38. The highest BCUT2D eigenvalue weighted by molar-refractivity contribution is 6.39. The molecule has 0 saturated heterocycles. The van der Waals surface area contributed by atoms with Crippen molar-refractivity contribution in [3.63, 3.8) is 0 Å². The van der Waals surface area contributed by atoms with Crippen molar-refractivity contribution in [2.75, 3.05) is 0 Å². The summed E-state index contributed by atoms with van der Waals surface area (Å²) >= 11 is 24.5. The quantitative estimate of drug-likeness (QED) is 0.383. The summed E-state index contributed by atoms with van der Waals surface area (Å²) in [5.74, 6) is 0. The van der Waals surface area contributed by atoms with Gasteiger partial charge >= 0.3 is 0 Å². The van der Waals surface area contributed by atoms with Crippen LogP contribution in [0.3, 0.4) is 0 Å². The van der Waals surface area contributed by atoms with Crippen molar-refractivity contribution in [3.8, 4) is 0 Å². The van der Waals surface area contributed by atoms with Crippen molar-refractivity contribution in [2.45, 2.75) is 13.2 Å². The third-order valence-electron chi connectivity index (χ3n) is 3.45. The lowest BCUT2D eigenvalue weighted by atomic mass is 10.1.